The van der Waals surface area contributed by atoms with Gasteiger partial charge in [-0.1, -0.05) is 35.0 Å². The van der Waals surface area contributed by atoms with Crippen LogP contribution in [0.4, 0.5) is 0 Å². The average Bonchev–Trinajstić information content (AvgIpc) is 1.88. The second-order valence-electron chi connectivity index (χ2n) is 1.56. The molecule has 0 aliphatic rings. The molecule has 0 bridgehead atoms. The molecule has 1 nitrogen and oxygen atoms in total. The van der Waals surface area contributed by atoms with Crippen molar-refractivity contribution >= 4 is 35.0 Å². The summed E-state index contributed by atoms with van der Waals surface area (Å²) < 4.78 is -0.401. The van der Waals surface area contributed by atoms with E-state index in [1.165, 1.54) is 11.8 Å². The molecule has 4 heteroatoms. The van der Waals surface area contributed by atoms with Gasteiger partial charge in [-0.2, -0.15) is 0 Å². The van der Waals surface area contributed by atoms with Gasteiger partial charge in [0, 0.05) is 17.3 Å². The van der Waals surface area contributed by atoms with Gasteiger partial charge in [0.2, 0.25) is 0 Å². The van der Waals surface area contributed by atoms with Gasteiger partial charge in [-0.25, -0.2) is 0 Å². The largest absolute Gasteiger partial charge is 0.265 e. The van der Waals surface area contributed by atoms with E-state index in [-0.39, 0.29) is 0 Å². The number of halogens is 2. The van der Waals surface area contributed by atoms with E-state index in [0.717, 1.165) is 4.90 Å². The van der Waals surface area contributed by atoms with Crippen molar-refractivity contribution < 1.29 is 0 Å². The Kier molecular flexibility index (Phi) is 3.32. The summed E-state index contributed by atoms with van der Waals surface area (Å²) >= 11 is 12.4. The van der Waals surface area contributed by atoms with Gasteiger partial charge in [0.05, 0.1) is 0 Å². The summed E-state index contributed by atoms with van der Waals surface area (Å²) in [7, 11) is 0. The predicted octanol–water partition coefficient (Wildman–Crippen LogP) is 2.93. The average molecular weight is 194 g/mol. The van der Waals surface area contributed by atoms with Gasteiger partial charge in [-0.05, 0) is 12.1 Å². The number of alkyl halides is 2. The van der Waals surface area contributed by atoms with Crippen molar-refractivity contribution in [2.45, 2.75) is 9.06 Å². The second-order valence-corrected chi connectivity index (χ2v) is 4.35. The molecular weight excluding hydrogens is 189 g/mol. The normalized spacial score (nSPS) is 10.3. The number of aromatic nitrogens is 1. The fourth-order valence-corrected chi connectivity index (χ4v) is 1.62. The van der Waals surface area contributed by atoms with E-state index >= 15 is 0 Å². The van der Waals surface area contributed by atoms with Crippen LogP contribution >= 0.6 is 35.0 Å². The number of nitrogens with zero attached hydrogens (tertiary/aromatic N) is 1. The summed E-state index contributed by atoms with van der Waals surface area (Å²) in [5.41, 5.74) is 0. The van der Waals surface area contributed by atoms with E-state index in [1.807, 2.05) is 12.1 Å². The van der Waals surface area contributed by atoms with Crippen molar-refractivity contribution in [2.75, 3.05) is 0 Å². The first kappa shape index (κ1) is 8.18. The standard InChI is InChI=1S/C6H5Cl2NS/c7-6(8)10-5-1-3-9-4-2-5/h1-4,6H. The van der Waals surface area contributed by atoms with Crippen molar-refractivity contribution in [1.82, 2.24) is 4.98 Å². The minimum Gasteiger partial charge on any atom is -0.265 e. The van der Waals surface area contributed by atoms with Crippen molar-refractivity contribution in [3.8, 4) is 0 Å². The van der Waals surface area contributed by atoms with Gasteiger partial charge in [0.15, 0.2) is 4.17 Å². The Morgan fingerprint density at radius 3 is 2.40 bits per heavy atom. The smallest absolute Gasteiger partial charge is 0.157 e. The van der Waals surface area contributed by atoms with Crippen LogP contribution in [0.1, 0.15) is 0 Å². The molecule has 0 saturated heterocycles. The van der Waals surface area contributed by atoms with Crippen LogP contribution in [0.3, 0.4) is 0 Å². The third-order valence-corrected chi connectivity index (χ3v) is 2.13. The van der Waals surface area contributed by atoms with Crippen LogP contribution in [-0.4, -0.2) is 9.15 Å². The van der Waals surface area contributed by atoms with Crippen molar-refractivity contribution in [3.05, 3.63) is 24.5 Å². The Hall–Kier alpha value is 0.0800. The summed E-state index contributed by atoms with van der Waals surface area (Å²) in [6.45, 7) is 0. The van der Waals surface area contributed by atoms with E-state index in [9.17, 15) is 0 Å². The summed E-state index contributed by atoms with van der Waals surface area (Å²) in [6, 6.07) is 3.73. The van der Waals surface area contributed by atoms with Crippen molar-refractivity contribution in [1.29, 1.82) is 0 Å². The van der Waals surface area contributed by atoms with Gasteiger partial charge >= 0.3 is 0 Å². The molecule has 1 rings (SSSR count). The van der Waals surface area contributed by atoms with Crippen LogP contribution < -0.4 is 0 Å². The first-order chi connectivity index (χ1) is 4.79. The molecule has 1 heterocycles. The molecule has 0 amide bonds. The molecule has 0 aromatic carbocycles. The molecule has 0 unspecified atom stereocenters. The van der Waals surface area contributed by atoms with Crippen LogP contribution in [0.15, 0.2) is 29.4 Å². The molecule has 0 aliphatic carbocycles. The topological polar surface area (TPSA) is 12.9 Å². The maximum Gasteiger partial charge on any atom is 0.157 e. The van der Waals surface area contributed by atoms with Crippen LogP contribution in [0.2, 0.25) is 0 Å². The highest BCUT2D eigenvalue weighted by molar-refractivity contribution is 8.02. The molecule has 0 radical (unpaired) electrons. The second kappa shape index (κ2) is 4.06. The third-order valence-electron chi connectivity index (χ3n) is 0.875. The zero-order valence-corrected chi connectivity index (χ0v) is 7.33. The summed E-state index contributed by atoms with van der Waals surface area (Å²) in [4.78, 5) is 4.89. The molecule has 0 atom stereocenters. The predicted molar refractivity (Wildman–Crippen MR) is 45.6 cm³/mol. The lowest BCUT2D eigenvalue weighted by Crippen LogP contribution is -1.77. The van der Waals surface area contributed by atoms with E-state index in [4.69, 9.17) is 23.2 Å². The van der Waals surface area contributed by atoms with E-state index in [0.29, 0.717) is 0 Å². The number of hydrogen-bond acceptors (Lipinski definition) is 2. The summed E-state index contributed by atoms with van der Waals surface area (Å²) in [5.74, 6) is 0. The molecule has 54 valence electrons. The number of pyridine rings is 1. The quantitative estimate of drug-likeness (QED) is 0.530. The molecule has 1 aromatic heterocycles. The SMILES string of the molecule is ClC(Cl)Sc1ccncc1. The molecule has 10 heavy (non-hydrogen) atoms. The Morgan fingerprint density at radius 1 is 1.30 bits per heavy atom. The maximum atomic E-state index is 5.52. The molecule has 1 aromatic rings. The fraction of sp³-hybridized carbons (Fsp3) is 0.167. The summed E-state index contributed by atoms with van der Waals surface area (Å²) in [6.07, 6.45) is 3.41. The first-order valence-electron chi connectivity index (χ1n) is 2.64. The number of thioether (sulfide) groups is 1. The van der Waals surface area contributed by atoms with Crippen LogP contribution in [0.5, 0.6) is 0 Å². The summed E-state index contributed by atoms with van der Waals surface area (Å²) in [5, 5.41) is 0. The van der Waals surface area contributed by atoms with Crippen LogP contribution in [0.25, 0.3) is 0 Å². The zero-order chi connectivity index (χ0) is 7.40. The highest BCUT2D eigenvalue weighted by atomic mass is 35.5. The fourth-order valence-electron chi connectivity index (χ4n) is 0.520. The van der Waals surface area contributed by atoms with Crippen molar-refractivity contribution in [2.24, 2.45) is 0 Å². The van der Waals surface area contributed by atoms with E-state index in [1.54, 1.807) is 12.4 Å². The van der Waals surface area contributed by atoms with Gasteiger partial charge in [0.1, 0.15) is 0 Å². The monoisotopic (exact) mass is 193 g/mol. The van der Waals surface area contributed by atoms with Crippen LogP contribution in [-0.2, 0) is 0 Å². The van der Waals surface area contributed by atoms with Gasteiger partial charge in [0.25, 0.3) is 0 Å². The Bertz CT molecular complexity index is 190. The lowest BCUT2D eigenvalue weighted by atomic mass is 10.5. The molecule has 0 aliphatic heterocycles. The highest BCUT2D eigenvalue weighted by Crippen LogP contribution is 2.27. The third kappa shape index (κ3) is 2.78. The number of rotatable bonds is 2. The van der Waals surface area contributed by atoms with E-state index < -0.39 is 4.17 Å². The van der Waals surface area contributed by atoms with Gasteiger partial charge < -0.3 is 0 Å². The maximum absolute atomic E-state index is 5.52. The van der Waals surface area contributed by atoms with Gasteiger partial charge in [-0.3, -0.25) is 4.98 Å². The molecule has 0 fully saturated rings. The lowest BCUT2D eigenvalue weighted by Gasteiger charge is -1.98. The molecule has 0 N–H and O–H groups in total. The highest BCUT2D eigenvalue weighted by Gasteiger charge is 1.99. The molecule has 0 spiro atoms. The van der Waals surface area contributed by atoms with Crippen LogP contribution in [0, 0.1) is 0 Å². The van der Waals surface area contributed by atoms with Gasteiger partial charge in [-0.15, -0.1) is 0 Å². The zero-order valence-electron chi connectivity index (χ0n) is 5.00. The van der Waals surface area contributed by atoms with E-state index in [2.05, 4.69) is 4.98 Å². The Morgan fingerprint density at radius 2 is 1.90 bits per heavy atom. The minimum atomic E-state index is -0.401. The molecular formula is C6H5Cl2NS. The lowest BCUT2D eigenvalue weighted by molar-refractivity contribution is 1.26. The Labute approximate surface area is 73.7 Å². The number of hydrogen-bond donors (Lipinski definition) is 0. The van der Waals surface area contributed by atoms with Crippen molar-refractivity contribution in [3.63, 3.8) is 0 Å². The molecule has 0 saturated carbocycles. The minimum absolute atomic E-state index is 0.401. The Balaban J connectivity index is 2.59. The first-order valence-corrected chi connectivity index (χ1v) is 4.39.